The number of halogens is 3. The van der Waals surface area contributed by atoms with Crippen LogP contribution < -0.4 is 5.32 Å². The number of aryl methyl sites for hydroxylation is 1. The second-order valence-corrected chi connectivity index (χ2v) is 5.03. The Balaban J connectivity index is 2.12. The summed E-state index contributed by atoms with van der Waals surface area (Å²) in [6.07, 6.45) is 4.48. The van der Waals surface area contributed by atoms with E-state index in [1.807, 2.05) is 4.57 Å². The number of rotatable bonds is 5. The Hall–Kier alpha value is -1.43. The first-order chi connectivity index (χ1) is 9.11. The third kappa shape index (κ3) is 3.32. The van der Waals surface area contributed by atoms with Crippen molar-refractivity contribution < 1.29 is 8.78 Å². The zero-order valence-corrected chi connectivity index (χ0v) is 12.0. The molecule has 3 nitrogen and oxygen atoms in total. The van der Waals surface area contributed by atoms with Gasteiger partial charge in [0.2, 0.25) is 0 Å². The molecule has 2 aromatic rings. The van der Waals surface area contributed by atoms with Crippen LogP contribution in [0.4, 0.5) is 14.5 Å². The first kappa shape index (κ1) is 14.0. The second-order valence-electron chi connectivity index (χ2n) is 4.18. The Morgan fingerprint density at radius 2 is 2.16 bits per heavy atom. The van der Waals surface area contributed by atoms with E-state index in [1.165, 1.54) is 6.07 Å². The lowest BCUT2D eigenvalue weighted by molar-refractivity contribution is 0.583. The first-order valence-corrected chi connectivity index (χ1v) is 6.78. The normalized spacial score (nSPS) is 10.7. The highest BCUT2D eigenvalue weighted by molar-refractivity contribution is 9.10. The minimum atomic E-state index is -0.617. The lowest BCUT2D eigenvalue weighted by Crippen LogP contribution is -2.08. The summed E-state index contributed by atoms with van der Waals surface area (Å²) in [7, 11) is 0. The minimum absolute atomic E-state index is 0.255. The Kier molecular flexibility index (Phi) is 4.52. The van der Waals surface area contributed by atoms with Gasteiger partial charge in [0.15, 0.2) is 0 Å². The smallest absolute Gasteiger partial charge is 0.150 e. The van der Waals surface area contributed by atoms with E-state index in [0.29, 0.717) is 11.0 Å². The van der Waals surface area contributed by atoms with Gasteiger partial charge in [0, 0.05) is 23.3 Å². The summed E-state index contributed by atoms with van der Waals surface area (Å²) in [5, 5.41) is 2.96. The first-order valence-electron chi connectivity index (χ1n) is 5.99. The average molecular weight is 330 g/mol. The van der Waals surface area contributed by atoms with Crippen LogP contribution in [0, 0.1) is 11.6 Å². The van der Waals surface area contributed by atoms with Crippen molar-refractivity contribution in [3.05, 3.63) is 46.5 Å². The standard InChI is InChI=1S/C13H14BrF2N3/c1-2-3-19-8-17-6-10(19)7-18-13-11(14)4-9(15)5-12(13)16/h4-6,8,18H,2-3,7H2,1H3. The number of aromatic nitrogens is 2. The molecular formula is C13H14BrF2N3. The maximum atomic E-state index is 13.6. The van der Waals surface area contributed by atoms with Gasteiger partial charge < -0.3 is 9.88 Å². The number of benzene rings is 1. The molecule has 1 aromatic carbocycles. The van der Waals surface area contributed by atoms with Crippen molar-refractivity contribution in [2.75, 3.05) is 5.32 Å². The van der Waals surface area contributed by atoms with Crippen molar-refractivity contribution >= 4 is 21.6 Å². The van der Waals surface area contributed by atoms with Crippen molar-refractivity contribution in [1.82, 2.24) is 9.55 Å². The third-order valence-corrected chi connectivity index (χ3v) is 3.34. The molecule has 0 bridgehead atoms. The summed E-state index contributed by atoms with van der Waals surface area (Å²) in [6, 6.07) is 2.09. The van der Waals surface area contributed by atoms with Crippen LogP contribution >= 0.6 is 15.9 Å². The molecule has 0 fully saturated rings. The lowest BCUT2D eigenvalue weighted by atomic mass is 10.3. The summed E-state index contributed by atoms with van der Waals surface area (Å²) in [5.74, 6) is -1.22. The molecule has 2 rings (SSSR count). The molecule has 0 aliphatic rings. The van der Waals surface area contributed by atoms with Crippen molar-refractivity contribution in [2.45, 2.75) is 26.4 Å². The molecule has 0 saturated heterocycles. The van der Waals surface area contributed by atoms with Crippen LogP contribution in [0.1, 0.15) is 19.0 Å². The van der Waals surface area contributed by atoms with E-state index in [9.17, 15) is 8.78 Å². The Morgan fingerprint density at radius 3 is 2.84 bits per heavy atom. The van der Waals surface area contributed by atoms with Crippen LogP contribution in [0.2, 0.25) is 0 Å². The number of anilines is 1. The van der Waals surface area contributed by atoms with Gasteiger partial charge >= 0.3 is 0 Å². The van der Waals surface area contributed by atoms with Gasteiger partial charge in [0.25, 0.3) is 0 Å². The van der Waals surface area contributed by atoms with Crippen molar-refractivity contribution in [1.29, 1.82) is 0 Å². The van der Waals surface area contributed by atoms with E-state index >= 15 is 0 Å². The molecule has 1 aromatic heterocycles. The fourth-order valence-corrected chi connectivity index (χ4v) is 2.38. The van der Waals surface area contributed by atoms with Gasteiger partial charge in [-0.05, 0) is 28.4 Å². The maximum absolute atomic E-state index is 13.6. The van der Waals surface area contributed by atoms with E-state index in [0.717, 1.165) is 24.7 Å². The van der Waals surface area contributed by atoms with E-state index < -0.39 is 11.6 Å². The predicted molar refractivity (Wildman–Crippen MR) is 73.9 cm³/mol. The summed E-state index contributed by atoms with van der Waals surface area (Å²) in [6.45, 7) is 3.37. The number of nitrogens with zero attached hydrogens (tertiary/aromatic N) is 2. The van der Waals surface area contributed by atoms with Crippen LogP contribution in [0.25, 0.3) is 0 Å². The van der Waals surface area contributed by atoms with Crippen LogP contribution in [0.3, 0.4) is 0 Å². The van der Waals surface area contributed by atoms with Gasteiger partial charge in [0.1, 0.15) is 11.6 Å². The third-order valence-electron chi connectivity index (χ3n) is 2.72. The van der Waals surface area contributed by atoms with E-state index in [1.54, 1.807) is 12.5 Å². The molecule has 1 N–H and O–H groups in total. The largest absolute Gasteiger partial charge is 0.376 e. The van der Waals surface area contributed by atoms with Crippen LogP contribution in [-0.4, -0.2) is 9.55 Å². The Labute approximate surface area is 118 Å². The zero-order chi connectivity index (χ0) is 13.8. The van der Waals surface area contributed by atoms with E-state index in [-0.39, 0.29) is 5.69 Å². The fraction of sp³-hybridized carbons (Fsp3) is 0.308. The summed E-state index contributed by atoms with van der Waals surface area (Å²) in [5.41, 5.74) is 1.21. The molecule has 102 valence electrons. The Bertz CT molecular complexity index is 546. The molecule has 0 atom stereocenters. The van der Waals surface area contributed by atoms with Crippen LogP contribution in [0.5, 0.6) is 0 Å². The van der Waals surface area contributed by atoms with Crippen molar-refractivity contribution in [3.63, 3.8) is 0 Å². The summed E-state index contributed by atoms with van der Waals surface area (Å²) in [4.78, 5) is 4.07. The topological polar surface area (TPSA) is 29.9 Å². The molecular weight excluding hydrogens is 316 g/mol. The molecule has 1 heterocycles. The molecule has 0 amide bonds. The Morgan fingerprint density at radius 1 is 1.37 bits per heavy atom. The summed E-state index contributed by atoms with van der Waals surface area (Å²) >= 11 is 3.15. The van der Waals surface area contributed by atoms with Crippen LogP contribution in [-0.2, 0) is 13.1 Å². The molecule has 19 heavy (non-hydrogen) atoms. The lowest BCUT2D eigenvalue weighted by Gasteiger charge is -2.11. The van der Waals surface area contributed by atoms with E-state index in [2.05, 4.69) is 33.2 Å². The average Bonchev–Trinajstić information content (AvgIpc) is 2.76. The highest BCUT2D eigenvalue weighted by Crippen LogP contribution is 2.27. The molecule has 6 heteroatoms. The predicted octanol–water partition coefficient (Wildman–Crippen LogP) is 3.95. The second kappa shape index (κ2) is 6.14. The zero-order valence-electron chi connectivity index (χ0n) is 10.5. The molecule has 0 aliphatic heterocycles. The number of imidazole rings is 1. The van der Waals surface area contributed by atoms with Gasteiger partial charge in [-0.3, -0.25) is 0 Å². The molecule has 0 aliphatic carbocycles. The SMILES string of the molecule is CCCn1cncc1CNc1c(F)cc(F)cc1Br. The fourth-order valence-electron chi connectivity index (χ4n) is 1.83. The van der Waals surface area contributed by atoms with Gasteiger partial charge in [-0.15, -0.1) is 0 Å². The van der Waals surface area contributed by atoms with Gasteiger partial charge in [-0.25, -0.2) is 13.8 Å². The van der Waals surface area contributed by atoms with E-state index in [4.69, 9.17) is 0 Å². The number of nitrogens with one attached hydrogen (secondary N) is 1. The maximum Gasteiger partial charge on any atom is 0.150 e. The van der Waals surface area contributed by atoms with Crippen molar-refractivity contribution in [3.8, 4) is 0 Å². The van der Waals surface area contributed by atoms with Gasteiger partial charge in [-0.1, -0.05) is 6.92 Å². The quantitative estimate of drug-likeness (QED) is 0.900. The summed E-state index contributed by atoms with van der Waals surface area (Å²) < 4.78 is 29.0. The highest BCUT2D eigenvalue weighted by atomic mass is 79.9. The monoisotopic (exact) mass is 329 g/mol. The molecule has 0 saturated carbocycles. The van der Waals surface area contributed by atoms with Gasteiger partial charge in [0.05, 0.1) is 24.3 Å². The molecule has 0 spiro atoms. The number of hydrogen-bond acceptors (Lipinski definition) is 2. The van der Waals surface area contributed by atoms with Crippen molar-refractivity contribution in [2.24, 2.45) is 0 Å². The molecule has 0 unspecified atom stereocenters. The minimum Gasteiger partial charge on any atom is -0.376 e. The number of hydrogen-bond donors (Lipinski definition) is 1. The van der Waals surface area contributed by atoms with Gasteiger partial charge in [-0.2, -0.15) is 0 Å². The molecule has 0 radical (unpaired) electrons. The van der Waals surface area contributed by atoms with Crippen LogP contribution in [0.15, 0.2) is 29.1 Å². The highest BCUT2D eigenvalue weighted by Gasteiger charge is 2.10.